The second kappa shape index (κ2) is 6.01. The van der Waals surface area contributed by atoms with Crippen LogP contribution in [0.3, 0.4) is 0 Å². The molecule has 6 nitrogen and oxygen atoms in total. The molecule has 0 aliphatic carbocycles. The highest BCUT2D eigenvalue weighted by Gasteiger charge is 2.26. The lowest BCUT2D eigenvalue weighted by Crippen LogP contribution is -2.34. The molecule has 1 aromatic carbocycles. The Bertz CT molecular complexity index is 694. The quantitative estimate of drug-likeness (QED) is 0.901. The summed E-state index contributed by atoms with van der Waals surface area (Å²) in [6.07, 6.45) is 4.40. The SMILES string of the molecule is O=C(N[C@@H](C(=O)O)c1ccccc1)c1cnn2c1CCCC2. The van der Waals surface area contributed by atoms with E-state index in [0.29, 0.717) is 11.1 Å². The number of aliphatic carboxylic acids is 1. The van der Waals surface area contributed by atoms with Gasteiger partial charge >= 0.3 is 5.97 Å². The third-order valence-electron chi connectivity index (χ3n) is 3.88. The van der Waals surface area contributed by atoms with E-state index in [-0.39, 0.29) is 5.91 Å². The standard InChI is InChI=1S/C16H17N3O3/c20-15(12-10-17-19-9-5-4-8-13(12)19)18-14(16(21)22)11-6-2-1-3-7-11/h1-3,6-7,10,14H,4-5,8-9H2,(H,18,20)(H,21,22)/t14-/m1/s1. The Hall–Kier alpha value is -2.63. The number of carboxylic acid groups (broad SMARTS) is 1. The van der Waals surface area contributed by atoms with Crippen molar-refractivity contribution >= 4 is 11.9 Å². The highest BCUT2D eigenvalue weighted by atomic mass is 16.4. The second-order valence-electron chi connectivity index (χ2n) is 5.34. The zero-order valence-corrected chi connectivity index (χ0v) is 12.0. The number of aromatic nitrogens is 2. The van der Waals surface area contributed by atoms with Crippen LogP contribution in [0.1, 0.15) is 40.5 Å². The molecule has 6 heteroatoms. The number of hydrogen-bond donors (Lipinski definition) is 2. The van der Waals surface area contributed by atoms with E-state index in [1.54, 1.807) is 30.3 Å². The average molecular weight is 299 g/mol. The van der Waals surface area contributed by atoms with Crippen molar-refractivity contribution in [3.05, 3.63) is 53.3 Å². The molecule has 1 amide bonds. The summed E-state index contributed by atoms with van der Waals surface area (Å²) in [7, 11) is 0. The largest absolute Gasteiger partial charge is 0.479 e. The highest BCUT2D eigenvalue weighted by Crippen LogP contribution is 2.20. The van der Waals surface area contributed by atoms with Gasteiger partial charge in [-0.2, -0.15) is 5.10 Å². The van der Waals surface area contributed by atoms with E-state index in [1.807, 2.05) is 4.68 Å². The lowest BCUT2D eigenvalue weighted by molar-refractivity contribution is -0.139. The maximum Gasteiger partial charge on any atom is 0.330 e. The molecule has 22 heavy (non-hydrogen) atoms. The summed E-state index contributed by atoms with van der Waals surface area (Å²) in [6, 6.07) is 7.61. The molecular weight excluding hydrogens is 282 g/mol. The Morgan fingerprint density at radius 1 is 1.23 bits per heavy atom. The van der Waals surface area contributed by atoms with Crippen molar-refractivity contribution in [3.63, 3.8) is 0 Å². The van der Waals surface area contributed by atoms with Gasteiger partial charge in [0.25, 0.3) is 5.91 Å². The van der Waals surface area contributed by atoms with Gasteiger partial charge in [-0.15, -0.1) is 0 Å². The molecule has 2 aromatic rings. The molecule has 0 saturated carbocycles. The fourth-order valence-electron chi connectivity index (χ4n) is 2.75. The Morgan fingerprint density at radius 2 is 2.00 bits per heavy atom. The van der Waals surface area contributed by atoms with Crippen LogP contribution in [-0.4, -0.2) is 26.8 Å². The van der Waals surface area contributed by atoms with Crippen LogP contribution in [0.2, 0.25) is 0 Å². The zero-order chi connectivity index (χ0) is 15.5. The van der Waals surface area contributed by atoms with Gasteiger partial charge in [0.15, 0.2) is 6.04 Å². The van der Waals surface area contributed by atoms with Crippen LogP contribution in [0.4, 0.5) is 0 Å². The van der Waals surface area contributed by atoms with Crippen molar-refractivity contribution < 1.29 is 14.7 Å². The second-order valence-corrected chi connectivity index (χ2v) is 5.34. The van der Waals surface area contributed by atoms with E-state index in [2.05, 4.69) is 10.4 Å². The summed E-state index contributed by atoms with van der Waals surface area (Å²) in [6.45, 7) is 0.809. The van der Waals surface area contributed by atoms with Gasteiger partial charge in [-0.05, 0) is 24.8 Å². The smallest absolute Gasteiger partial charge is 0.330 e. The van der Waals surface area contributed by atoms with Crippen LogP contribution in [0.25, 0.3) is 0 Å². The van der Waals surface area contributed by atoms with Crippen LogP contribution in [-0.2, 0) is 17.8 Å². The molecule has 1 aliphatic heterocycles. The summed E-state index contributed by atoms with van der Waals surface area (Å²) >= 11 is 0. The number of carboxylic acids is 1. The molecule has 2 N–H and O–H groups in total. The highest BCUT2D eigenvalue weighted by molar-refractivity contribution is 5.97. The van der Waals surface area contributed by atoms with Gasteiger partial charge in [-0.1, -0.05) is 30.3 Å². The average Bonchev–Trinajstić information content (AvgIpc) is 2.97. The van der Waals surface area contributed by atoms with Crippen molar-refractivity contribution in [2.24, 2.45) is 0 Å². The number of fused-ring (bicyclic) bond motifs is 1. The van der Waals surface area contributed by atoms with Gasteiger partial charge in [-0.25, -0.2) is 4.79 Å². The monoisotopic (exact) mass is 299 g/mol. The molecule has 0 unspecified atom stereocenters. The number of nitrogens with zero attached hydrogens (tertiary/aromatic N) is 2. The number of rotatable bonds is 4. The van der Waals surface area contributed by atoms with Gasteiger partial charge in [0, 0.05) is 6.54 Å². The predicted molar refractivity (Wildman–Crippen MR) is 79.5 cm³/mol. The van der Waals surface area contributed by atoms with Crippen molar-refractivity contribution in [1.29, 1.82) is 0 Å². The number of benzene rings is 1. The van der Waals surface area contributed by atoms with Crippen LogP contribution in [0.15, 0.2) is 36.5 Å². The van der Waals surface area contributed by atoms with Crippen LogP contribution < -0.4 is 5.32 Å². The minimum atomic E-state index is -1.08. The molecule has 1 aliphatic rings. The van der Waals surface area contributed by atoms with E-state index in [0.717, 1.165) is 31.5 Å². The van der Waals surface area contributed by atoms with Crippen molar-refractivity contribution in [2.75, 3.05) is 0 Å². The molecule has 0 radical (unpaired) electrons. The third kappa shape index (κ3) is 2.72. The van der Waals surface area contributed by atoms with Gasteiger partial charge in [0.2, 0.25) is 0 Å². The van der Waals surface area contributed by atoms with Gasteiger partial charge < -0.3 is 10.4 Å². The van der Waals surface area contributed by atoms with Gasteiger partial charge in [-0.3, -0.25) is 9.48 Å². The first-order chi connectivity index (χ1) is 10.7. The number of amides is 1. The fourth-order valence-corrected chi connectivity index (χ4v) is 2.75. The molecule has 0 fully saturated rings. The zero-order valence-electron chi connectivity index (χ0n) is 12.0. The third-order valence-corrected chi connectivity index (χ3v) is 3.88. The van der Waals surface area contributed by atoms with Crippen molar-refractivity contribution in [3.8, 4) is 0 Å². The van der Waals surface area contributed by atoms with Crippen molar-refractivity contribution in [2.45, 2.75) is 31.8 Å². The number of aryl methyl sites for hydroxylation is 1. The molecule has 0 spiro atoms. The molecule has 1 aromatic heterocycles. The Labute approximate surface area is 127 Å². The molecular formula is C16H17N3O3. The van der Waals surface area contributed by atoms with E-state index in [4.69, 9.17) is 0 Å². The molecule has 1 atom stereocenters. The summed E-state index contributed by atoms with van der Waals surface area (Å²) in [5, 5.41) is 16.2. The number of carbonyl (C=O) groups excluding carboxylic acids is 1. The van der Waals surface area contributed by atoms with Crippen LogP contribution >= 0.6 is 0 Å². The van der Waals surface area contributed by atoms with Gasteiger partial charge in [0.1, 0.15) is 0 Å². The molecule has 0 saturated heterocycles. The predicted octanol–water partition coefficient (Wildman–Crippen LogP) is 1.78. The minimum Gasteiger partial charge on any atom is -0.479 e. The van der Waals surface area contributed by atoms with E-state index < -0.39 is 12.0 Å². The fraction of sp³-hybridized carbons (Fsp3) is 0.312. The normalized spacial score (nSPS) is 14.9. The lowest BCUT2D eigenvalue weighted by Gasteiger charge is -2.17. The number of nitrogens with one attached hydrogen (secondary N) is 1. The molecule has 114 valence electrons. The summed E-state index contributed by atoms with van der Waals surface area (Å²) in [5.41, 5.74) is 1.91. The topological polar surface area (TPSA) is 84.2 Å². The molecule has 2 heterocycles. The first-order valence-corrected chi connectivity index (χ1v) is 7.30. The Balaban J connectivity index is 1.83. The number of hydrogen-bond acceptors (Lipinski definition) is 3. The van der Waals surface area contributed by atoms with E-state index in [1.165, 1.54) is 6.20 Å². The maximum absolute atomic E-state index is 12.4. The van der Waals surface area contributed by atoms with E-state index in [9.17, 15) is 14.7 Å². The summed E-state index contributed by atoms with van der Waals surface area (Å²) in [4.78, 5) is 23.9. The van der Waals surface area contributed by atoms with E-state index >= 15 is 0 Å². The number of carbonyl (C=O) groups is 2. The lowest BCUT2D eigenvalue weighted by atomic mass is 10.0. The maximum atomic E-state index is 12.4. The molecule has 3 rings (SSSR count). The van der Waals surface area contributed by atoms with Crippen LogP contribution in [0, 0.1) is 0 Å². The first kappa shape index (κ1) is 14.3. The minimum absolute atomic E-state index is 0.389. The Morgan fingerprint density at radius 3 is 2.73 bits per heavy atom. The Kier molecular flexibility index (Phi) is 3.91. The van der Waals surface area contributed by atoms with Crippen LogP contribution in [0.5, 0.6) is 0 Å². The van der Waals surface area contributed by atoms with Crippen molar-refractivity contribution in [1.82, 2.24) is 15.1 Å². The van der Waals surface area contributed by atoms with Gasteiger partial charge in [0.05, 0.1) is 17.5 Å². The summed E-state index contributed by atoms with van der Waals surface area (Å²) in [5.74, 6) is -1.47. The summed E-state index contributed by atoms with van der Waals surface area (Å²) < 4.78 is 1.83. The first-order valence-electron chi connectivity index (χ1n) is 7.30. The molecule has 0 bridgehead atoms.